The van der Waals surface area contributed by atoms with Crippen molar-refractivity contribution in [2.75, 3.05) is 6.54 Å². The van der Waals surface area contributed by atoms with Crippen LogP contribution in [0.15, 0.2) is 42.6 Å². The highest BCUT2D eigenvalue weighted by Crippen LogP contribution is 2.29. The van der Waals surface area contributed by atoms with Crippen molar-refractivity contribution in [3.05, 3.63) is 58.4 Å². The zero-order valence-corrected chi connectivity index (χ0v) is 14.2. The monoisotopic (exact) mass is 340 g/mol. The van der Waals surface area contributed by atoms with Crippen LogP contribution in [0, 0.1) is 10.1 Å². The SMILES string of the molecule is CC(C)Oc1ccc(-c2c(CCN)nc3ccc([N+](=O)[O-])cn23)cc1. The van der Waals surface area contributed by atoms with Gasteiger partial charge in [0.2, 0.25) is 0 Å². The van der Waals surface area contributed by atoms with Crippen LogP contribution in [0.5, 0.6) is 5.75 Å². The second kappa shape index (κ2) is 6.90. The number of pyridine rings is 1. The van der Waals surface area contributed by atoms with Crippen molar-refractivity contribution in [1.29, 1.82) is 0 Å². The van der Waals surface area contributed by atoms with Gasteiger partial charge in [0.15, 0.2) is 0 Å². The molecule has 7 heteroatoms. The highest BCUT2D eigenvalue weighted by Gasteiger charge is 2.16. The molecule has 0 bridgehead atoms. The minimum absolute atomic E-state index is 0.0187. The summed E-state index contributed by atoms with van der Waals surface area (Å²) in [7, 11) is 0. The molecule has 0 saturated heterocycles. The minimum Gasteiger partial charge on any atom is -0.491 e. The number of aromatic nitrogens is 2. The lowest BCUT2D eigenvalue weighted by Crippen LogP contribution is -2.05. The van der Waals surface area contributed by atoms with Gasteiger partial charge in [-0.05, 0) is 50.7 Å². The van der Waals surface area contributed by atoms with Crippen LogP contribution in [-0.4, -0.2) is 27.0 Å². The van der Waals surface area contributed by atoms with Crippen molar-refractivity contribution in [3.63, 3.8) is 0 Å². The molecule has 7 nitrogen and oxygen atoms in total. The molecule has 0 aliphatic carbocycles. The molecule has 130 valence electrons. The molecule has 0 aliphatic heterocycles. The predicted molar refractivity (Wildman–Crippen MR) is 95.8 cm³/mol. The summed E-state index contributed by atoms with van der Waals surface area (Å²) in [5.41, 5.74) is 8.94. The van der Waals surface area contributed by atoms with Gasteiger partial charge < -0.3 is 10.5 Å². The van der Waals surface area contributed by atoms with E-state index in [1.165, 1.54) is 12.3 Å². The van der Waals surface area contributed by atoms with Crippen LogP contribution in [0.3, 0.4) is 0 Å². The Morgan fingerprint density at radius 1 is 1.24 bits per heavy atom. The fraction of sp³-hybridized carbons (Fsp3) is 0.278. The fourth-order valence-corrected chi connectivity index (χ4v) is 2.77. The Hall–Kier alpha value is -2.93. The zero-order chi connectivity index (χ0) is 18.0. The lowest BCUT2D eigenvalue weighted by atomic mass is 10.1. The maximum Gasteiger partial charge on any atom is 0.286 e. The third-order valence-corrected chi connectivity index (χ3v) is 3.77. The number of nitro groups is 1. The normalized spacial score (nSPS) is 11.2. The first kappa shape index (κ1) is 16.9. The van der Waals surface area contributed by atoms with E-state index in [2.05, 4.69) is 4.98 Å². The van der Waals surface area contributed by atoms with Crippen molar-refractivity contribution in [3.8, 4) is 17.0 Å². The van der Waals surface area contributed by atoms with Crippen LogP contribution in [0.2, 0.25) is 0 Å². The summed E-state index contributed by atoms with van der Waals surface area (Å²) < 4.78 is 7.42. The van der Waals surface area contributed by atoms with Gasteiger partial charge in [0, 0.05) is 18.1 Å². The first-order valence-corrected chi connectivity index (χ1v) is 8.12. The Balaban J connectivity index is 2.13. The molecule has 2 heterocycles. The summed E-state index contributed by atoms with van der Waals surface area (Å²) in [4.78, 5) is 15.3. The molecule has 3 rings (SSSR count). The van der Waals surface area contributed by atoms with Crippen molar-refractivity contribution in [1.82, 2.24) is 9.38 Å². The third kappa shape index (κ3) is 3.46. The largest absolute Gasteiger partial charge is 0.491 e. The van der Waals surface area contributed by atoms with Gasteiger partial charge in [-0.15, -0.1) is 0 Å². The zero-order valence-electron chi connectivity index (χ0n) is 14.2. The van der Waals surface area contributed by atoms with Crippen molar-refractivity contribution >= 4 is 11.3 Å². The van der Waals surface area contributed by atoms with Crippen molar-refractivity contribution < 1.29 is 9.66 Å². The van der Waals surface area contributed by atoms with E-state index in [1.807, 2.05) is 38.1 Å². The van der Waals surface area contributed by atoms with Gasteiger partial charge >= 0.3 is 0 Å². The van der Waals surface area contributed by atoms with Crippen molar-refractivity contribution in [2.24, 2.45) is 5.73 Å². The van der Waals surface area contributed by atoms with Crippen LogP contribution in [0.1, 0.15) is 19.5 Å². The standard InChI is InChI=1S/C18H20N4O3/c1-12(2)25-15-6-3-13(4-7-15)18-16(9-10-19)20-17-8-5-14(22(23)24)11-21(17)18/h3-8,11-12H,9-10,19H2,1-2H3. The molecule has 0 atom stereocenters. The van der Waals surface area contributed by atoms with Crippen LogP contribution in [0.4, 0.5) is 5.69 Å². The van der Waals surface area contributed by atoms with E-state index >= 15 is 0 Å². The Morgan fingerprint density at radius 2 is 1.96 bits per heavy atom. The molecule has 0 unspecified atom stereocenters. The number of rotatable bonds is 6. The summed E-state index contributed by atoms with van der Waals surface area (Å²) in [6.45, 7) is 4.39. The average Bonchev–Trinajstić information content (AvgIpc) is 2.92. The number of nitrogens with two attached hydrogens (primary N) is 1. The average molecular weight is 340 g/mol. The van der Waals surface area contributed by atoms with E-state index in [4.69, 9.17) is 10.5 Å². The number of imidazole rings is 1. The summed E-state index contributed by atoms with van der Waals surface area (Å²) >= 11 is 0. The Morgan fingerprint density at radius 3 is 2.56 bits per heavy atom. The van der Waals surface area contributed by atoms with Gasteiger partial charge in [-0.1, -0.05) is 0 Å². The minimum atomic E-state index is -0.411. The first-order chi connectivity index (χ1) is 12.0. The second-order valence-corrected chi connectivity index (χ2v) is 6.01. The van der Waals surface area contributed by atoms with Crippen LogP contribution >= 0.6 is 0 Å². The molecule has 3 aromatic rings. The summed E-state index contributed by atoms with van der Waals surface area (Å²) in [6, 6.07) is 10.7. The Labute approximate surface area is 145 Å². The first-order valence-electron chi connectivity index (χ1n) is 8.12. The van der Waals surface area contributed by atoms with E-state index < -0.39 is 4.92 Å². The van der Waals surface area contributed by atoms with Gasteiger partial charge in [-0.25, -0.2) is 4.98 Å². The number of hydrogen-bond donors (Lipinski definition) is 1. The van der Waals surface area contributed by atoms with Crippen LogP contribution in [0.25, 0.3) is 16.9 Å². The van der Waals surface area contributed by atoms with Gasteiger partial charge in [-0.3, -0.25) is 14.5 Å². The van der Waals surface area contributed by atoms with E-state index in [9.17, 15) is 10.1 Å². The molecule has 2 aromatic heterocycles. The molecule has 0 saturated carbocycles. The lowest BCUT2D eigenvalue weighted by molar-refractivity contribution is -0.385. The Kier molecular flexibility index (Phi) is 4.67. The number of nitrogens with zero attached hydrogens (tertiary/aromatic N) is 3. The molecule has 25 heavy (non-hydrogen) atoms. The summed E-state index contributed by atoms with van der Waals surface area (Å²) in [5, 5.41) is 11.1. The predicted octanol–water partition coefficient (Wildman–Crippen LogP) is 3.20. The maximum absolute atomic E-state index is 11.1. The Bertz CT molecular complexity index is 901. The second-order valence-electron chi connectivity index (χ2n) is 6.01. The highest BCUT2D eigenvalue weighted by molar-refractivity contribution is 5.68. The van der Waals surface area contributed by atoms with Crippen molar-refractivity contribution in [2.45, 2.75) is 26.4 Å². The molecule has 0 spiro atoms. The summed E-state index contributed by atoms with van der Waals surface area (Å²) in [5.74, 6) is 0.777. The van der Waals surface area contributed by atoms with Crippen LogP contribution in [-0.2, 0) is 6.42 Å². The quantitative estimate of drug-likeness (QED) is 0.549. The van der Waals surface area contributed by atoms with Crippen LogP contribution < -0.4 is 10.5 Å². The number of fused-ring (bicyclic) bond motifs is 1. The topological polar surface area (TPSA) is 95.7 Å². The smallest absolute Gasteiger partial charge is 0.286 e. The number of hydrogen-bond acceptors (Lipinski definition) is 5. The molecular weight excluding hydrogens is 320 g/mol. The van der Waals surface area contributed by atoms with Gasteiger partial charge in [0.1, 0.15) is 11.4 Å². The molecule has 0 fully saturated rings. The molecule has 0 amide bonds. The lowest BCUT2D eigenvalue weighted by Gasteiger charge is -2.10. The maximum atomic E-state index is 11.1. The highest BCUT2D eigenvalue weighted by atomic mass is 16.6. The number of ether oxygens (including phenoxy) is 1. The van der Waals surface area contributed by atoms with E-state index in [1.54, 1.807) is 10.5 Å². The number of benzene rings is 1. The van der Waals surface area contributed by atoms with Gasteiger partial charge in [0.25, 0.3) is 5.69 Å². The summed E-state index contributed by atoms with van der Waals surface area (Å²) in [6.07, 6.45) is 2.18. The third-order valence-electron chi connectivity index (χ3n) is 3.77. The van der Waals surface area contributed by atoms with E-state index in [-0.39, 0.29) is 11.8 Å². The molecule has 0 radical (unpaired) electrons. The fourth-order valence-electron chi connectivity index (χ4n) is 2.77. The molecular formula is C18H20N4O3. The van der Waals surface area contributed by atoms with Gasteiger partial charge in [0.05, 0.1) is 28.6 Å². The van der Waals surface area contributed by atoms with E-state index in [0.717, 1.165) is 22.7 Å². The molecule has 1 aromatic carbocycles. The molecule has 2 N–H and O–H groups in total. The van der Waals surface area contributed by atoms with Gasteiger partial charge in [-0.2, -0.15) is 0 Å². The molecule has 0 aliphatic rings. The van der Waals surface area contributed by atoms with E-state index in [0.29, 0.717) is 18.6 Å².